The summed E-state index contributed by atoms with van der Waals surface area (Å²) in [5.41, 5.74) is 7.60. The first-order chi connectivity index (χ1) is 15.5. The van der Waals surface area contributed by atoms with Crippen LogP contribution in [0.1, 0.15) is 38.7 Å². The van der Waals surface area contributed by atoms with Gasteiger partial charge in [-0.3, -0.25) is 9.59 Å². The fourth-order valence-corrected chi connectivity index (χ4v) is 4.05. The molecule has 1 unspecified atom stereocenters. The van der Waals surface area contributed by atoms with Crippen LogP contribution in [-0.4, -0.2) is 42.4 Å². The summed E-state index contributed by atoms with van der Waals surface area (Å²) in [6.07, 6.45) is 3.84. The van der Waals surface area contributed by atoms with E-state index >= 15 is 0 Å². The zero-order valence-electron chi connectivity index (χ0n) is 19.1. The Labute approximate surface area is 191 Å². The van der Waals surface area contributed by atoms with Crippen LogP contribution in [0.25, 0.3) is 0 Å². The third-order valence-electron chi connectivity index (χ3n) is 6.11. The zero-order valence-corrected chi connectivity index (χ0v) is 19.1. The van der Waals surface area contributed by atoms with Crippen LogP contribution >= 0.6 is 0 Å². The molecule has 2 aromatic carbocycles. The highest BCUT2D eigenvalue weighted by molar-refractivity contribution is 5.86. The lowest BCUT2D eigenvalue weighted by Gasteiger charge is -2.39. The second-order valence-electron chi connectivity index (χ2n) is 8.35. The molecule has 2 aromatic rings. The van der Waals surface area contributed by atoms with E-state index in [1.165, 1.54) is 5.69 Å². The van der Waals surface area contributed by atoms with Crippen molar-refractivity contribution in [3.63, 3.8) is 0 Å². The minimum absolute atomic E-state index is 0.000448. The Kier molecular flexibility index (Phi) is 8.54. The van der Waals surface area contributed by atoms with Crippen LogP contribution in [-0.2, 0) is 16.2 Å². The number of hydrogen-bond donors (Lipinski definition) is 1. The van der Waals surface area contributed by atoms with Crippen LogP contribution in [0.2, 0.25) is 0 Å². The molecule has 0 aromatic heterocycles. The van der Waals surface area contributed by atoms with Gasteiger partial charge in [0, 0.05) is 37.3 Å². The third-order valence-corrected chi connectivity index (χ3v) is 6.11. The van der Waals surface area contributed by atoms with Crippen molar-refractivity contribution in [3.8, 4) is 5.75 Å². The molecule has 0 saturated carbocycles. The van der Waals surface area contributed by atoms with Crippen molar-refractivity contribution >= 4 is 17.5 Å². The van der Waals surface area contributed by atoms with Crippen LogP contribution in [0.4, 0.5) is 5.69 Å². The van der Waals surface area contributed by atoms with Crippen LogP contribution in [0.5, 0.6) is 5.75 Å². The number of likely N-dealkylation sites (tertiary alicyclic amines) is 1. The molecule has 1 atom stereocenters. The van der Waals surface area contributed by atoms with Gasteiger partial charge in [-0.1, -0.05) is 37.3 Å². The van der Waals surface area contributed by atoms with Crippen molar-refractivity contribution in [2.24, 2.45) is 11.7 Å². The van der Waals surface area contributed by atoms with Gasteiger partial charge in [0.15, 0.2) is 0 Å². The second kappa shape index (κ2) is 11.6. The third kappa shape index (κ3) is 6.49. The number of benzene rings is 2. The Morgan fingerprint density at radius 1 is 1.12 bits per heavy atom. The predicted octanol–water partition coefficient (Wildman–Crippen LogP) is 3.80. The Morgan fingerprint density at radius 2 is 1.78 bits per heavy atom. The standard InChI is InChI=1S/C26H34N3O3/c1-3-29(22-10-12-24(13-11-22)32-19-21-7-5-4-6-8-21)23-15-17-28(18-16-23)25(30)14-9-20(2)26(27)31/h4-8,10-14,20,23H,3,9,15-19H2,1-2H3,(H2,27,31). The molecule has 6 nitrogen and oxygen atoms in total. The van der Waals surface area contributed by atoms with Gasteiger partial charge in [0.2, 0.25) is 11.8 Å². The number of anilines is 1. The number of ether oxygens (including phenoxy) is 1. The summed E-state index contributed by atoms with van der Waals surface area (Å²) in [6, 6.07) is 18.8. The molecule has 0 bridgehead atoms. The highest BCUT2D eigenvalue weighted by Gasteiger charge is 2.27. The first-order valence-corrected chi connectivity index (χ1v) is 11.4. The van der Waals surface area contributed by atoms with Gasteiger partial charge in [-0.05, 0) is 56.0 Å². The first kappa shape index (κ1) is 23.6. The molecule has 1 heterocycles. The fourth-order valence-electron chi connectivity index (χ4n) is 4.05. The predicted molar refractivity (Wildman–Crippen MR) is 127 cm³/mol. The lowest BCUT2D eigenvalue weighted by molar-refractivity contribution is -0.129. The molecule has 2 amide bonds. The van der Waals surface area contributed by atoms with Gasteiger partial charge in [0.25, 0.3) is 0 Å². The van der Waals surface area contributed by atoms with Crippen LogP contribution in [0.3, 0.4) is 0 Å². The van der Waals surface area contributed by atoms with Crippen LogP contribution in [0, 0.1) is 12.3 Å². The Hall–Kier alpha value is -3.02. The zero-order chi connectivity index (χ0) is 22.9. The summed E-state index contributed by atoms with van der Waals surface area (Å²) in [6.45, 7) is 6.82. The number of nitrogens with two attached hydrogens (primary N) is 1. The maximum absolute atomic E-state index is 12.4. The molecule has 1 aliphatic heterocycles. The average Bonchev–Trinajstić information content (AvgIpc) is 2.83. The summed E-state index contributed by atoms with van der Waals surface area (Å²) >= 11 is 0. The first-order valence-electron chi connectivity index (χ1n) is 11.4. The summed E-state index contributed by atoms with van der Waals surface area (Å²) in [7, 11) is 0. The van der Waals surface area contributed by atoms with Gasteiger partial charge < -0.3 is 20.3 Å². The molecular weight excluding hydrogens is 402 g/mol. The number of hydrogen-bond acceptors (Lipinski definition) is 4. The van der Waals surface area contributed by atoms with Crippen molar-refractivity contribution in [2.45, 2.75) is 45.8 Å². The number of amides is 2. The quantitative estimate of drug-likeness (QED) is 0.615. The molecule has 32 heavy (non-hydrogen) atoms. The van der Waals surface area contributed by atoms with E-state index in [9.17, 15) is 9.59 Å². The maximum Gasteiger partial charge on any atom is 0.226 e. The average molecular weight is 437 g/mol. The molecule has 1 fully saturated rings. The molecule has 3 rings (SSSR count). The van der Waals surface area contributed by atoms with Gasteiger partial charge in [-0.25, -0.2) is 0 Å². The van der Waals surface area contributed by atoms with Gasteiger partial charge in [-0.15, -0.1) is 0 Å². The summed E-state index contributed by atoms with van der Waals surface area (Å²) in [5.74, 6) is 0.170. The molecule has 1 saturated heterocycles. The number of rotatable bonds is 10. The molecule has 171 valence electrons. The molecule has 0 spiro atoms. The molecule has 1 aliphatic rings. The second-order valence-corrected chi connectivity index (χ2v) is 8.35. The van der Waals surface area contributed by atoms with E-state index < -0.39 is 0 Å². The number of primary amides is 1. The molecule has 1 radical (unpaired) electrons. The van der Waals surface area contributed by atoms with Crippen molar-refractivity contribution in [3.05, 3.63) is 66.6 Å². The SMILES string of the molecule is CCN(c1ccc(OCc2ccccc2)cc1)C1CCN(C(=O)[CH]CC(C)C(N)=O)CC1. The number of nitrogens with zero attached hydrogens (tertiary/aromatic N) is 2. The minimum Gasteiger partial charge on any atom is -0.489 e. The van der Waals surface area contributed by atoms with Crippen molar-refractivity contribution in [2.75, 3.05) is 24.5 Å². The van der Waals surface area contributed by atoms with Crippen molar-refractivity contribution < 1.29 is 14.3 Å². The van der Waals surface area contributed by atoms with E-state index in [-0.39, 0.29) is 17.7 Å². The Morgan fingerprint density at radius 3 is 2.38 bits per heavy atom. The van der Waals surface area contributed by atoms with Gasteiger partial charge in [-0.2, -0.15) is 0 Å². The molecule has 2 N–H and O–H groups in total. The lowest BCUT2D eigenvalue weighted by atomic mass is 10.0. The number of piperidine rings is 1. The minimum atomic E-state index is -0.372. The monoisotopic (exact) mass is 436 g/mol. The van der Waals surface area contributed by atoms with Crippen molar-refractivity contribution in [1.29, 1.82) is 0 Å². The topological polar surface area (TPSA) is 75.9 Å². The van der Waals surface area contributed by atoms with Crippen molar-refractivity contribution in [1.82, 2.24) is 4.90 Å². The van der Waals surface area contributed by atoms with Gasteiger partial charge in [0.05, 0.1) is 6.42 Å². The molecular formula is C26H34N3O3. The van der Waals surface area contributed by atoms with E-state index in [0.29, 0.717) is 19.1 Å². The lowest BCUT2D eigenvalue weighted by Crippen LogP contribution is -2.47. The van der Waals surface area contributed by atoms with E-state index in [4.69, 9.17) is 10.5 Å². The summed E-state index contributed by atoms with van der Waals surface area (Å²) in [4.78, 5) is 27.9. The summed E-state index contributed by atoms with van der Waals surface area (Å²) < 4.78 is 5.91. The normalized spacial score (nSPS) is 15.2. The molecule has 6 heteroatoms. The highest BCUT2D eigenvalue weighted by Crippen LogP contribution is 2.26. The molecule has 0 aliphatic carbocycles. The van der Waals surface area contributed by atoms with E-state index in [0.717, 1.165) is 43.8 Å². The largest absolute Gasteiger partial charge is 0.489 e. The van der Waals surface area contributed by atoms with E-state index in [1.807, 2.05) is 35.2 Å². The van der Waals surface area contributed by atoms with Crippen LogP contribution in [0.15, 0.2) is 54.6 Å². The van der Waals surface area contributed by atoms with Gasteiger partial charge in [0.1, 0.15) is 12.4 Å². The number of carbonyl (C=O) groups excluding carboxylic acids is 2. The van der Waals surface area contributed by atoms with E-state index in [2.05, 4.69) is 36.1 Å². The van der Waals surface area contributed by atoms with E-state index in [1.54, 1.807) is 13.3 Å². The Bertz CT molecular complexity index is 862. The highest BCUT2D eigenvalue weighted by atomic mass is 16.5. The fraction of sp³-hybridized carbons (Fsp3) is 0.423. The van der Waals surface area contributed by atoms with Gasteiger partial charge >= 0.3 is 0 Å². The maximum atomic E-state index is 12.4. The smallest absolute Gasteiger partial charge is 0.226 e. The Balaban J connectivity index is 1.49. The number of carbonyl (C=O) groups is 2. The summed E-state index contributed by atoms with van der Waals surface area (Å²) in [5, 5.41) is 0. The van der Waals surface area contributed by atoms with Crippen LogP contribution < -0.4 is 15.4 Å².